The second-order valence-corrected chi connectivity index (χ2v) is 2.77. The van der Waals surface area contributed by atoms with Gasteiger partial charge in [-0.2, -0.15) is 0 Å². The van der Waals surface area contributed by atoms with Gasteiger partial charge in [0.1, 0.15) is 5.58 Å². The summed E-state index contributed by atoms with van der Waals surface area (Å²) in [5.41, 5.74) is 1.86. The highest BCUT2D eigenvalue weighted by atomic mass is 16.3. The SMILES string of the molecule is OCC=Cc1cccc2ccoc12. The van der Waals surface area contributed by atoms with Gasteiger partial charge in [0, 0.05) is 10.9 Å². The third-order valence-corrected chi connectivity index (χ3v) is 1.91. The normalized spacial score (nSPS) is 11.5. The van der Waals surface area contributed by atoms with Crippen molar-refractivity contribution in [1.82, 2.24) is 0 Å². The lowest BCUT2D eigenvalue weighted by Crippen LogP contribution is -1.75. The van der Waals surface area contributed by atoms with Crippen LogP contribution < -0.4 is 0 Å². The molecule has 0 saturated carbocycles. The third-order valence-electron chi connectivity index (χ3n) is 1.91. The fourth-order valence-electron chi connectivity index (χ4n) is 1.33. The Bertz CT molecular complexity index is 426. The van der Waals surface area contributed by atoms with Crippen molar-refractivity contribution in [2.24, 2.45) is 0 Å². The Morgan fingerprint density at radius 3 is 3.08 bits per heavy atom. The zero-order chi connectivity index (χ0) is 9.10. The van der Waals surface area contributed by atoms with Gasteiger partial charge in [-0.25, -0.2) is 0 Å². The van der Waals surface area contributed by atoms with Crippen LogP contribution in [-0.4, -0.2) is 11.7 Å². The molecule has 0 aliphatic rings. The summed E-state index contributed by atoms with van der Waals surface area (Å²) < 4.78 is 5.31. The van der Waals surface area contributed by atoms with Crippen LogP contribution in [0, 0.1) is 0 Å². The number of hydrogen-bond acceptors (Lipinski definition) is 2. The quantitative estimate of drug-likeness (QED) is 0.758. The maximum absolute atomic E-state index is 8.63. The molecule has 13 heavy (non-hydrogen) atoms. The Morgan fingerprint density at radius 2 is 2.23 bits per heavy atom. The van der Waals surface area contributed by atoms with Gasteiger partial charge in [0.25, 0.3) is 0 Å². The summed E-state index contributed by atoms with van der Waals surface area (Å²) >= 11 is 0. The summed E-state index contributed by atoms with van der Waals surface area (Å²) in [5, 5.41) is 9.72. The monoisotopic (exact) mass is 174 g/mol. The molecule has 0 aliphatic heterocycles. The van der Waals surface area contributed by atoms with Gasteiger partial charge in [-0.05, 0) is 6.07 Å². The minimum Gasteiger partial charge on any atom is -0.464 e. The van der Waals surface area contributed by atoms with E-state index in [4.69, 9.17) is 9.52 Å². The zero-order valence-corrected chi connectivity index (χ0v) is 7.10. The van der Waals surface area contributed by atoms with Crippen molar-refractivity contribution in [1.29, 1.82) is 0 Å². The summed E-state index contributed by atoms with van der Waals surface area (Å²) in [5.74, 6) is 0. The van der Waals surface area contributed by atoms with Gasteiger partial charge in [0.15, 0.2) is 0 Å². The van der Waals surface area contributed by atoms with Crippen LogP contribution in [0.2, 0.25) is 0 Å². The third kappa shape index (κ3) is 1.48. The topological polar surface area (TPSA) is 33.4 Å². The lowest BCUT2D eigenvalue weighted by Gasteiger charge is -1.93. The summed E-state index contributed by atoms with van der Waals surface area (Å²) in [6, 6.07) is 7.84. The first kappa shape index (κ1) is 8.08. The Kier molecular flexibility index (Phi) is 2.15. The Balaban J connectivity index is 2.54. The molecule has 0 saturated heterocycles. The van der Waals surface area contributed by atoms with Gasteiger partial charge in [0.05, 0.1) is 12.9 Å². The zero-order valence-electron chi connectivity index (χ0n) is 7.10. The van der Waals surface area contributed by atoms with Crippen molar-refractivity contribution in [3.8, 4) is 0 Å². The van der Waals surface area contributed by atoms with Crippen LogP contribution in [0.3, 0.4) is 0 Å². The average molecular weight is 174 g/mol. The van der Waals surface area contributed by atoms with E-state index in [0.29, 0.717) is 0 Å². The minimum absolute atomic E-state index is 0.0527. The minimum atomic E-state index is 0.0527. The molecule has 0 atom stereocenters. The van der Waals surface area contributed by atoms with E-state index in [1.165, 1.54) is 0 Å². The van der Waals surface area contributed by atoms with Crippen LogP contribution in [-0.2, 0) is 0 Å². The number of aliphatic hydroxyl groups is 1. The van der Waals surface area contributed by atoms with E-state index in [0.717, 1.165) is 16.5 Å². The number of hydrogen-bond donors (Lipinski definition) is 1. The van der Waals surface area contributed by atoms with Crippen LogP contribution in [0.15, 0.2) is 41.0 Å². The number of para-hydroxylation sites is 1. The molecule has 1 aromatic carbocycles. The standard InChI is InChI=1S/C11H10O2/c12-7-2-5-9-3-1-4-10-6-8-13-11(9)10/h1-6,8,12H,7H2. The lowest BCUT2D eigenvalue weighted by atomic mass is 10.1. The van der Waals surface area contributed by atoms with Crippen molar-refractivity contribution < 1.29 is 9.52 Å². The molecule has 66 valence electrons. The summed E-state index contributed by atoms with van der Waals surface area (Å²) in [6.07, 6.45) is 5.21. The number of benzene rings is 1. The molecule has 0 aliphatic carbocycles. The molecule has 2 heteroatoms. The Labute approximate surface area is 76.1 Å². The second-order valence-electron chi connectivity index (χ2n) is 2.77. The fraction of sp³-hybridized carbons (Fsp3) is 0.0909. The molecule has 0 unspecified atom stereocenters. The molecule has 1 aromatic heterocycles. The molecule has 2 rings (SSSR count). The fourth-order valence-corrected chi connectivity index (χ4v) is 1.33. The smallest absolute Gasteiger partial charge is 0.141 e. The molecule has 0 radical (unpaired) electrons. The van der Waals surface area contributed by atoms with Gasteiger partial charge in [-0.1, -0.05) is 30.4 Å². The van der Waals surface area contributed by atoms with E-state index < -0.39 is 0 Å². The van der Waals surface area contributed by atoms with Gasteiger partial charge < -0.3 is 9.52 Å². The molecule has 0 amide bonds. The first-order valence-electron chi connectivity index (χ1n) is 4.15. The summed E-state index contributed by atoms with van der Waals surface area (Å²) in [7, 11) is 0. The highest BCUT2D eigenvalue weighted by Crippen LogP contribution is 2.20. The van der Waals surface area contributed by atoms with E-state index in [1.54, 1.807) is 12.3 Å². The van der Waals surface area contributed by atoms with E-state index >= 15 is 0 Å². The predicted molar refractivity (Wildman–Crippen MR) is 52.3 cm³/mol. The first-order chi connectivity index (χ1) is 6.42. The van der Waals surface area contributed by atoms with Gasteiger partial charge in [-0.15, -0.1) is 0 Å². The van der Waals surface area contributed by atoms with Crippen LogP contribution >= 0.6 is 0 Å². The van der Waals surface area contributed by atoms with Crippen molar-refractivity contribution >= 4 is 17.0 Å². The van der Waals surface area contributed by atoms with E-state index in [1.807, 2.05) is 30.3 Å². The summed E-state index contributed by atoms with van der Waals surface area (Å²) in [4.78, 5) is 0. The Hall–Kier alpha value is -1.54. The molecular formula is C11H10O2. The second kappa shape index (κ2) is 3.46. The highest BCUT2D eigenvalue weighted by Gasteiger charge is 1.99. The van der Waals surface area contributed by atoms with Crippen molar-refractivity contribution in [2.45, 2.75) is 0 Å². The molecule has 0 fully saturated rings. The van der Waals surface area contributed by atoms with Gasteiger partial charge in [0.2, 0.25) is 0 Å². The van der Waals surface area contributed by atoms with Crippen molar-refractivity contribution in [2.75, 3.05) is 6.61 Å². The first-order valence-corrected chi connectivity index (χ1v) is 4.15. The highest BCUT2D eigenvalue weighted by molar-refractivity contribution is 5.85. The predicted octanol–water partition coefficient (Wildman–Crippen LogP) is 2.44. The number of fused-ring (bicyclic) bond motifs is 1. The average Bonchev–Trinajstić information content (AvgIpc) is 2.62. The maximum Gasteiger partial charge on any atom is 0.141 e. The molecule has 0 spiro atoms. The van der Waals surface area contributed by atoms with Gasteiger partial charge in [-0.3, -0.25) is 0 Å². The van der Waals surface area contributed by atoms with Gasteiger partial charge >= 0.3 is 0 Å². The number of aliphatic hydroxyl groups excluding tert-OH is 1. The summed E-state index contributed by atoms with van der Waals surface area (Å²) in [6.45, 7) is 0.0527. The van der Waals surface area contributed by atoms with Crippen LogP contribution in [0.25, 0.3) is 17.0 Å². The van der Waals surface area contributed by atoms with Crippen LogP contribution in [0.5, 0.6) is 0 Å². The number of rotatable bonds is 2. The van der Waals surface area contributed by atoms with Crippen molar-refractivity contribution in [3.05, 3.63) is 42.2 Å². The van der Waals surface area contributed by atoms with Crippen molar-refractivity contribution in [3.63, 3.8) is 0 Å². The van der Waals surface area contributed by atoms with E-state index in [-0.39, 0.29) is 6.61 Å². The molecule has 0 bridgehead atoms. The Morgan fingerprint density at radius 1 is 1.31 bits per heavy atom. The molecular weight excluding hydrogens is 164 g/mol. The maximum atomic E-state index is 8.63. The largest absolute Gasteiger partial charge is 0.464 e. The number of furan rings is 1. The van der Waals surface area contributed by atoms with E-state index in [2.05, 4.69) is 0 Å². The molecule has 2 aromatic rings. The van der Waals surface area contributed by atoms with Crippen LogP contribution in [0.4, 0.5) is 0 Å². The van der Waals surface area contributed by atoms with Crippen LogP contribution in [0.1, 0.15) is 5.56 Å². The molecule has 1 N–H and O–H groups in total. The van der Waals surface area contributed by atoms with E-state index in [9.17, 15) is 0 Å². The molecule has 2 nitrogen and oxygen atoms in total. The lowest BCUT2D eigenvalue weighted by molar-refractivity contribution is 0.343. The molecule has 1 heterocycles.